The lowest BCUT2D eigenvalue weighted by atomic mass is 10.0. The lowest BCUT2D eigenvalue weighted by molar-refractivity contribution is -0.146. The minimum Gasteiger partial charge on any atom is -0.463 e. The quantitative estimate of drug-likeness (QED) is 0.498. The van der Waals surface area contributed by atoms with E-state index in [1.165, 1.54) is 0 Å². The highest BCUT2D eigenvalue weighted by Crippen LogP contribution is 2.23. The summed E-state index contributed by atoms with van der Waals surface area (Å²) in [6.45, 7) is 1.89. The Hall–Kier alpha value is -2.51. The van der Waals surface area contributed by atoms with Gasteiger partial charge in [-0.1, -0.05) is 47.1 Å². The third-order valence-electron chi connectivity index (χ3n) is 4.61. The number of carbonyl (C=O) groups excluding carboxylic acids is 1. The molecule has 0 aliphatic rings. The number of rotatable bonds is 8. The van der Waals surface area contributed by atoms with Gasteiger partial charge in [0.15, 0.2) is 0 Å². The van der Waals surface area contributed by atoms with Gasteiger partial charge in [0, 0.05) is 22.7 Å². The Labute approximate surface area is 178 Å². The van der Waals surface area contributed by atoms with Crippen molar-refractivity contribution in [2.75, 3.05) is 12.3 Å². The van der Waals surface area contributed by atoms with E-state index in [0.717, 1.165) is 26.5 Å². The van der Waals surface area contributed by atoms with E-state index in [2.05, 4.69) is 25.9 Å². The Morgan fingerprint density at radius 3 is 2.79 bits per heavy atom. The molecule has 1 unspecified atom stereocenters. The molecule has 0 aliphatic heterocycles. The van der Waals surface area contributed by atoms with E-state index >= 15 is 0 Å². The number of hydrogen-bond acceptors (Lipinski definition) is 6. The fraction of sp³-hybridized carbons (Fsp3) is 0.318. The number of ether oxygens (including phenoxy) is 1. The molecule has 1 aromatic heterocycles. The summed E-state index contributed by atoms with van der Waals surface area (Å²) in [5.41, 5.74) is 9.00. The van der Waals surface area contributed by atoms with Gasteiger partial charge in [0.2, 0.25) is 0 Å². The number of nitrogens with two attached hydrogens (primary N) is 1. The maximum absolute atomic E-state index is 11.8. The third-order valence-corrected chi connectivity index (χ3v) is 5.11. The Kier molecular flexibility index (Phi) is 7.17. The maximum Gasteiger partial charge on any atom is 0.306 e. The van der Waals surface area contributed by atoms with Crippen LogP contribution in [0.25, 0.3) is 10.9 Å². The second kappa shape index (κ2) is 9.80. The molecule has 6 nitrogen and oxygen atoms in total. The Morgan fingerprint density at radius 1 is 1.21 bits per heavy atom. The second-order valence-electron chi connectivity index (χ2n) is 6.93. The van der Waals surface area contributed by atoms with Crippen molar-refractivity contribution in [2.45, 2.75) is 38.7 Å². The summed E-state index contributed by atoms with van der Waals surface area (Å²) in [6.07, 6.45) is 1.36. The molecule has 1 heterocycles. The molecular formula is C22H24BrN3O3. The maximum atomic E-state index is 11.8. The largest absolute Gasteiger partial charge is 0.463 e. The van der Waals surface area contributed by atoms with Gasteiger partial charge in [0.05, 0.1) is 11.6 Å². The molecular weight excluding hydrogens is 434 g/mol. The van der Waals surface area contributed by atoms with Crippen LogP contribution in [0.3, 0.4) is 0 Å². The minimum absolute atomic E-state index is 0.0483. The lowest BCUT2D eigenvalue weighted by Crippen LogP contribution is -2.17. The van der Waals surface area contributed by atoms with Crippen molar-refractivity contribution in [3.63, 3.8) is 0 Å². The summed E-state index contributed by atoms with van der Waals surface area (Å²) < 4.78 is 6.01. The molecule has 2 aromatic carbocycles. The number of aryl methyl sites for hydroxylation is 1. The van der Waals surface area contributed by atoms with Gasteiger partial charge in [-0.05, 0) is 42.2 Å². The van der Waals surface area contributed by atoms with E-state index in [1.807, 2.05) is 49.4 Å². The van der Waals surface area contributed by atoms with Crippen LogP contribution in [-0.4, -0.2) is 33.8 Å². The number of hydrogen-bond donors (Lipinski definition) is 2. The number of aliphatic hydroxyl groups is 1. The molecule has 3 rings (SSSR count). The topological polar surface area (TPSA) is 98.3 Å². The minimum atomic E-state index is -0.599. The van der Waals surface area contributed by atoms with Crippen molar-refractivity contribution in [3.8, 4) is 0 Å². The van der Waals surface area contributed by atoms with Gasteiger partial charge in [-0.15, -0.1) is 0 Å². The van der Waals surface area contributed by atoms with Gasteiger partial charge in [-0.3, -0.25) is 4.79 Å². The smallest absolute Gasteiger partial charge is 0.306 e. The molecule has 0 bridgehead atoms. The zero-order valence-electron chi connectivity index (χ0n) is 16.3. The van der Waals surface area contributed by atoms with E-state index in [9.17, 15) is 9.90 Å². The van der Waals surface area contributed by atoms with Crippen LogP contribution in [-0.2, 0) is 22.4 Å². The van der Waals surface area contributed by atoms with Gasteiger partial charge in [0.25, 0.3) is 0 Å². The number of esters is 1. The van der Waals surface area contributed by atoms with Crippen molar-refractivity contribution in [1.29, 1.82) is 0 Å². The van der Waals surface area contributed by atoms with Crippen LogP contribution in [0.5, 0.6) is 0 Å². The molecule has 0 aliphatic carbocycles. The van der Waals surface area contributed by atoms with E-state index < -0.39 is 6.10 Å². The van der Waals surface area contributed by atoms with Crippen molar-refractivity contribution in [1.82, 2.24) is 9.97 Å². The summed E-state index contributed by atoms with van der Waals surface area (Å²) in [5, 5.41) is 10.3. The standard InChI is InChI=1S/C22H24BrN3O3/c1-2-17(27)13-29-21(28)9-6-14-4-3-5-15(10-14)11-20-25-19-8-7-16(23)12-18(19)22(24)26-20/h3-5,7-8,10,12,17,27H,2,6,9,11,13H2,1H3,(H2,24,25,26). The average Bonchev–Trinajstić information content (AvgIpc) is 2.71. The van der Waals surface area contributed by atoms with E-state index in [4.69, 9.17) is 10.5 Å². The Bertz CT molecular complexity index is 1010. The van der Waals surface area contributed by atoms with Gasteiger partial charge >= 0.3 is 5.97 Å². The molecule has 0 radical (unpaired) electrons. The zero-order valence-corrected chi connectivity index (χ0v) is 17.9. The number of halogens is 1. The normalized spacial score (nSPS) is 12.1. The highest BCUT2D eigenvalue weighted by molar-refractivity contribution is 9.10. The van der Waals surface area contributed by atoms with E-state index in [-0.39, 0.29) is 19.0 Å². The first-order valence-corrected chi connectivity index (χ1v) is 10.4. The highest BCUT2D eigenvalue weighted by Gasteiger charge is 2.10. The number of nitrogen functional groups attached to an aromatic ring is 1. The number of aromatic nitrogens is 2. The second-order valence-corrected chi connectivity index (χ2v) is 7.84. The number of carbonyl (C=O) groups is 1. The van der Waals surface area contributed by atoms with Crippen LogP contribution >= 0.6 is 15.9 Å². The van der Waals surface area contributed by atoms with Crippen molar-refractivity contribution in [2.24, 2.45) is 0 Å². The molecule has 0 spiro atoms. The molecule has 0 amide bonds. The van der Waals surface area contributed by atoms with Crippen LogP contribution in [0.15, 0.2) is 46.9 Å². The molecule has 29 heavy (non-hydrogen) atoms. The molecule has 0 saturated heterocycles. The number of fused-ring (bicyclic) bond motifs is 1. The van der Waals surface area contributed by atoms with Crippen LogP contribution in [0.4, 0.5) is 5.82 Å². The summed E-state index contributed by atoms with van der Waals surface area (Å²) in [4.78, 5) is 20.9. The highest BCUT2D eigenvalue weighted by atomic mass is 79.9. The van der Waals surface area contributed by atoms with E-state index in [0.29, 0.717) is 30.9 Å². The van der Waals surface area contributed by atoms with Crippen LogP contribution < -0.4 is 5.73 Å². The molecule has 0 saturated carbocycles. The molecule has 3 N–H and O–H groups in total. The number of benzene rings is 2. The van der Waals surface area contributed by atoms with Crippen molar-refractivity contribution in [3.05, 3.63) is 63.9 Å². The first-order valence-electron chi connectivity index (χ1n) is 9.57. The Balaban J connectivity index is 1.65. The number of nitrogens with zero attached hydrogens (tertiary/aromatic N) is 2. The summed E-state index contributed by atoms with van der Waals surface area (Å²) in [6, 6.07) is 13.7. The summed E-state index contributed by atoms with van der Waals surface area (Å²) >= 11 is 3.44. The van der Waals surface area contributed by atoms with Crippen LogP contribution in [0.1, 0.15) is 36.7 Å². The van der Waals surface area contributed by atoms with Gasteiger partial charge in [0.1, 0.15) is 18.2 Å². The molecule has 1 atom stereocenters. The summed E-state index contributed by atoms with van der Waals surface area (Å²) in [5.74, 6) is 0.807. The van der Waals surface area contributed by atoms with Crippen LogP contribution in [0, 0.1) is 0 Å². The van der Waals surface area contributed by atoms with Gasteiger partial charge < -0.3 is 15.6 Å². The first-order chi connectivity index (χ1) is 13.9. The van der Waals surface area contributed by atoms with Gasteiger partial charge in [-0.2, -0.15) is 0 Å². The molecule has 152 valence electrons. The number of anilines is 1. The predicted molar refractivity (Wildman–Crippen MR) is 116 cm³/mol. The monoisotopic (exact) mass is 457 g/mol. The zero-order chi connectivity index (χ0) is 20.8. The lowest BCUT2D eigenvalue weighted by Gasteiger charge is -2.09. The summed E-state index contributed by atoms with van der Waals surface area (Å²) in [7, 11) is 0. The van der Waals surface area contributed by atoms with E-state index in [1.54, 1.807) is 0 Å². The number of aliphatic hydroxyl groups excluding tert-OH is 1. The molecule has 3 aromatic rings. The van der Waals surface area contributed by atoms with Crippen molar-refractivity contribution < 1.29 is 14.6 Å². The fourth-order valence-electron chi connectivity index (χ4n) is 2.96. The fourth-order valence-corrected chi connectivity index (χ4v) is 3.32. The van der Waals surface area contributed by atoms with Crippen LogP contribution in [0.2, 0.25) is 0 Å². The van der Waals surface area contributed by atoms with Gasteiger partial charge in [-0.25, -0.2) is 9.97 Å². The Morgan fingerprint density at radius 2 is 2.00 bits per heavy atom. The predicted octanol–water partition coefficient (Wildman–Crippen LogP) is 3.81. The van der Waals surface area contributed by atoms with Crippen molar-refractivity contribution >= 4 is 38.6 Å². The average molecular weight is 458 g/mol. The molecule has 7 heteroatoms. The SMILES string of the molecule is CCC(O)COC(=O)CCc1cccc(Cc2nc(N)c3cc(Br)ccc3n2)c1. The molecule has 0 fully saturated rings. The first kappa shape index (κ1) is 21.2. The third kappa shape index (κ3) is 5.98.